The summed E-state index contributed by atoms with van der Waals surface area (Å²) in [4.78, 5) is 1.44. The van der Waals surface area contributed by atoms with Crippen LogP contribution in [0, 0.1) is 6.92 Å². The summed E-state index contributed by atoms with van der Waals surface area (Å²) in [5, 5.41) is 5.79. The van der Waals surface area contributed by atoms with Crippen molar-refractivity contribution in [2.45, 2.75) is 32.7 Å². The molecule has 0 amide bonds. The van der Waals surface area contributed by atoms with Crippen LogP contribution >= 0.6 is 11.3 Å². The van der Waals surface area contributed by atoms with Crippen LogP contribution in [0.5, 0.6) is 0 Å². The van der Waals surface area contributed by atoms with Gasteiger partial charge >= 0.3 is 0 Å². The van der Waals surface area contributed by atoms with Gasteiger partial charge in [0.25, 0.3) is 0 Å². The Hall–Kier alpha value is -1.12. The van der Waals surface area contributed by atoms with Gasteiger partial charge in [-0.2, -0.15) is 0 Å². The summed E-state index contributed by atoms with van der Waals surface area (Å²) in [5.74, 6) is 0. The minimum Gasteiger partial charge on any atom is -0.310 e. The van der Waals surface area contributed by atoms with Crippen molar-refractivity contribution in [2.75, 3.05) is 6.54 Å². The van der Waals surface area contributed by atoms with Gasteiger partial charge in [0.05, 0.1) is 0 Å². The third-order valence-electron chi connectivity index (χ3n) is 3.29. The Balaban J connectivity index is 2.01. The number of hydrogen-bond acceptors (Lipinski definition) is 2. The quantitative estimate of drug-likeness (QED) is 0.813. The highest BCUT2D eigenvalue weighted by Gasteiger charge is 2.13. The van der Waals surface area contributed by atoms with E-state index in [0.29, 0.717) is 6.04 Å². The summed E-state index contributed by atoms with van der Waals surface area (Å²) in [6.45, 7) is 5.42. The number of aryl methyl sites for hydroxylation is 2. The Morgan fingerprint density at radius 2 is 1.94 bits per heavy atom. The van der Waals surface area contributed by atoms with E-state index in [1.54, 1.807) is 0 Å². The van der Waals surface area contributed by atoms with E-state index >= 15 is 0 Å². The highest BCUT2D eigenvalue weighted by molar-refractivity contribution is 7.10. The molecule has 0 aliphatic heterocycles. The van der Waals surface area contributed by atoms with E-state index in [2.05, 4.69) is 60.9 Å². The molecule has 0 radical (unpaired) electrons. The third kappa shape index (κ3) is 3.44. The van der Waals surface area contributed by atoms with Gasteiger partial charge in [0.15, 0.2) is 0 Å². The molecule has 0 bridgehead atoms. The molecule has 0 saturated heterocycles. The zero-order valence-corrected chi connectivity index (χ0v) is 12.0. The minimum absolute atomic E-state index is 0.487. The Morgan fingerprint density at radius 3 is 2.56 bits per heavy atom. The van der Waals surface area contributed by atoms with Crippen LogP contribution < -0.4 is 5.32 Å². The van der Waals surface area contributed by atoms with Gasteiger partial charge in [0, 0.05) is 10.9 Å². The predicted octanol–water partition coefficient (Wildman–Crippen LogP) is 4.34. The van der Waals surface area contributed by atoms with E-state index in [0.717, 1.165) is 19.4 Å². The molecule has 0 spiro atoms. The fourth-order valence-corrected chi connectivity index (χ4v) is 3.09. The molecular formula is C16H21NS. The number of rotatable bonds is 6. The lowest BCUT2D eigenvalue weighted by Gasteiger charge is -2.18. The maximum Gasteiger partial charge on any atom is 0.0334 e. The first-order valence-electron chi connectivity index (χ1n) is 6.62. The SMILES string of the molecule is CCNC(CCc1ccccc1)c1ccsc1C. The van der Waals surface area contributed by atoms with Gasteiger partial charge in [-0.3, -0.25) is 0 Å². The van der Waals surface area contributed by atoms with E-state index < -0.39 is 0 Å². The highest BCUT2D eigenvalue weighted by atomic mass is 32.1. The molecule has 18 heavy (non-hydrogen) atoms. The lowest BCUT2D eigenvalue weighted by Crippen LogP contribution is -2.21. The van der Waals surface area contributed by atoms with Gasteiger partial charge in [-0.1, -0.05) is 37.3 Å². The van der Waals surface area contributed by atoms with Crippen molar-refractivity contribution in [1.82, 2.24) is 5.32 Å². The first kappa shape index (κ1) is 13.3. The number of thiophene rings is 1. The molecule has 0 aliphatic carbocycles. The Labute approximate surface area is 114 Å². The molecule has 0 saturated carbocycles. The minimum atomic E-state index is 0.487. The van der Waals surface area contributed by atoms with E-state index in [1.165, 1.54) is 16.0 Å². The topological polar surface area (TPSA) is 12.0 Å². The molecule has 2 rings (SSSR count). The molecule has 1 unspecified atom stereocenters. The Morgan fingerprint density at radius 1 is 1.17 bits per heavy atom. The number of nitrogens with one attached hydrogen (secondary N) is 1. The van der Waals surface area contributed by atoms with Gasteiger partial charge in [0.2, 0.25) is 0 Å². The summed E-state index contributed by atoms with van der Waals surface area (Å²) >= 11 is 1.84. The predicted molar refractivity (Wildman–Crippen MR) is 80.2 cm³/mol. The molecule has 1 heterocycles. The standard InChI is InChI=1S/C16H21NS/c1-3-17-16(15-11-12-18-13(15)2)10-9-14-7-5-4-6-8-14/h4-8,11-12,16-17H,3,9-10H2,1-2H3. The molecule has 1 atom stereocenters. The van der Waals surface area contributed by atoms with Crippen molar-refractivity contribution in [3.63, 3.8) is 0 Å². The lowest BCUT2D eigenvalue weighted by molar-refractivity contribution is 0.515. The molecule has 0 fully saturated rings. The van der Waals surface area contributed by atoms with Gasteiger partial charge in [-0.05, 0) is 48.9 Å². The molecule has 1 aromatic carbocycles. The van der Waals surface area contributed by atoms with Crippen molar-refractivity contribution in [3.8, 4) is 0 Å². The van der Waals surface area contributed by atoms with E-state index in [4.69, 9.17) is 0 Å². The summed E-state index contributed by atoms with van der Waals surface area (Å²) < 4.78 is 0. The van der Waals surface area contributed by atoms with Crippen LogP contribution in [0.1, 0.15) is 35.4 Å². The zero-order chi connectivity index (χ0) is 12.8. The smallest absolute Gasteiger partial charge is 0.0334 e. The first-order chi connectivity index (χ1) is 8.81. The maximum absolute atomic E-state index is 3.60. The third-order valence-corrected chi connectivity index (χ3v) is 4.15. The monoisotopic (exact) mass is 259 g/mol. The molecule has 0 aliphatic rings. The van der Waals surface area contributed by atoms with Crippen molar-refractivity contribution in [2.24, 2.45) is 0 Å². The summed E-state index contributed by atoms with van der Waals surface area (Å²) in [6.07, 6.45) is 2.29. The van der Waals surface area contributed by atoms with Gasteiger partial charge in [0.1, 0.15) is 0 Å². The van der Waals surface area contributed by atoms with Crippen molar-refractivity contribution in [1.29, 1.82) is 0 Å². The second-order valence-corrected chi connectivity index (χ2v) is 5.69. The van der Waals surface area contributed by atoms with Crippen LogP contribution in [0.2, 0.25) is 0 Å². The normalized spacial score (nSPS) is 12.6. The maximum atomic E-state index is 3.60. The molecule has 2 heteroatoms. The van der Waals surface area contributed by atoms with Crippen molar-refractivity contribution < 1.29 is 0 Å². The molecule has 2 aromatic rings. The Kier molecular flexibility index (Phi) is 4.97. The first-order valence-corrected chi connectivity index (χ1v) is 7.50. The molecule has 1 nitrogen and oxygen atoms in total. The van der Waals surface area contributed by atoms with Gasteiger partial charge < -0.3 is 5.32 Å². The van der Waals surface area contributed by atoms with E-state index in [9.17, 15) is 0 Å². The molecule has 96 valence electrons. The fraction of sp³-hybridized carbons (Fsp3) is 0.375. The molecular weight excluding hydrogens is 238 g/mol. The van der Waals surface area contributed by atoms with E-state index in [-0.39, 0.29) is 0 Å². The second-order valence-electron chi connectivity index (χ2n) is 4.57. The highest BCUT2D eigenvalue weighted by Crippen LogP contribution is 2.26. The van der Waals surface area contributed by atoms with Crippen molar-refractivity contribution in [3.05, 3.63) is 57.8 Å². The average molecular weight is 259 g/mol. The van der Waals surface area contributed by atoms with Crippen LogP contribution in [-0.4, -0.2) is 6.54 Å². The van der Waals surface area contributed by atoms with Gasteiger partial charge in [-0.25, -0.2) is 0 Å². The van der Waals surface area contributed by atoms with E-state index in [1.807, 2.05) is 11.3 Å². The molecule has 1 aromatic heterocycles. The van der Waals surface area contributed by atoms with Crippen LogP contribution in [0.4, 0.5) is 0 Å². The lowest BCUT2D eigenvalue weighted by atomic mass is 9.99. The molecule has 1 N–H and O–H groups in total. The van der Waals surface area contributed by atoms with Crippen LogP contribution in [0.15, 0.2) is 41.8 Å². The van der Waals surface area contributed by atoms with Crippen LogP contribution in [-0.2, 0) is 6.42 Å². The van der Waals surface area contributed by atoms with Crippen molar-refractivity contribution >= 4 is 11.3 Å². The fourth-order valence-electron chi connectivity index (χ4n) is 2.33. The number of benzene rings is 1. The van der Waals surface area contributed by atoms with Crippen LogP contribution in [0.3, 0.4) is 0 Å². The zero-order valence-electron chi connectivity index (χ0n) is 11.1. The number of hydrogen-bond donors (Lipinski definition) is 1. The second kappa shape index (κ2) is 6.72. The largest absolute Gasteiger partial charge is 0.310 e. The summed E-state index contributed by atoms with van der Waals surface area (Å²) in [6, 6.07) is 13.5. The van der Waals surface area contributed by atoms with Crippen LogP contribution in [0.25, 0.3) is 0 Å². The Bertz CT molecular complexity index is 461. The van der Waals surface area contributed by atoms with Gasteiger partial charge in [-0.15, -0.1) is 11.3 Å². The summed E-state index contributed by atoms with van der Waals surface area (Å²) in [7, 11) is 0. The average Bonchev–Trinajstić information content (AvgIpc) is 2.82. The summed E-state index contributed by atoms with van der Waals surface area (Å²) in [5.41, 5.74) is 2.89.